The number of hydrogen-bond donors (Lipinski definition) is 2. The Morgan fingerprint density at radius 2 is 2.00 bits per heavy atom. The van der Waals surface area contributed by atoms with Crippen LogP contribution in [-0.2, 0) is 4.79 Å². The molecule has 64 valence electrons. The molecule has 0 radical (unpaired) electrons. The maximum absolute atomic E-state index is 10.8. The van der Waals surface area contributed by atoms with E-state index in [2.05, 4.69) is 15.0 Å². The second kappa shape index (κ2) is 2.73. The third-order valence-electron chi connectivity index (χ3n) is 1.67. The highest BCUT2D eigenvalue weighted by Crippen LogP contribution is 2.16. The first-order chi connectivity index (χ1) is 6.29. The van der Waals surface area contributed by atoms with Crippen molar-refractivity contribution < 1.29 is 4.79 Å². The number of imidazole rings is 1. The van der Waals surface area contributed by atoms with Crippen LogP contribution in [0.3, 0.4) is 0 Å². The molecule has 0 unspecified atom stereocenters. The second-order valence-corrected chi connectivity index (χ2v) is 2.51. The van der Waals surface area contributed by atoms with Gasteiger partial charge in [-0.05, 0) is 18.2 Å². The van der Waals surface area contributed by atoms with Gasteiger partial charge in [0.1, 0.15) is 0 Å². The van der Waals surface area contributed by atoms with Crippen LogP contribution in [0.1, 0.15) is 0 Å². The Morgan fingerprint density at radius 1 is 1.23 bits per heavy atom. The monoisotopic (exact) mass is 175 g/mol. The predicted octanol–water partition coefficient (Wildman–Crippen LogP) is 0.824. The molecular weight excluding hydrogens is 170 g/mol. The smallest absolute Gasteiger partial charge is 0.306 e. The number of aromatic amines is 2. The molecule has 5 heteroatoms. The van der Waals surface area contributed by atoms with E-state index in [1.54, 1.807) is 18.2 Å². The number of carbonyl (C=O) groups excluding carboxylic acids is 1. The Kier molecular flexibility index (Phi) is 1.58. The SMILES string of the molecule is O=C=Nc1ccc2[nH]c(=O)[nH]c2c1. The number of benzene rings is 1. The van der Waals surface area contributed by atoms with Crippen molar-refractivity contribution in [2.45, 2.75) is 0 Å². The lowest BCUT2D eigenvalue weighted by Gasteiger charge is -1.89. The summed E-state index contributed by atoms with van der Waals surface area (Å²) in [6.07, 6.45) is 1.43. The molecule has 0 aliphatic carbocycles. The molecule has 0 fully saturated rings. The van der Waals surface area contributed by atoms with Crippen LogP contribution in [0.2, 0.25) is 0 Å². The largest absolute Gasteiger partial charge is 0.323 e. The minimum Gasteiger partial charge on any atom is -0.306 e. The van der Waals surface area contributed by atoms with Crippen molar-refractivity contribution in [3.8, 4) is 0 Å². The average Bonchev–Trinajstić information content (AvgIpc) is 2.44. The Morgan fingerprint density at radius 3 is 2.77 bits per heavy atom. The molecular formula is C8H5N3O2. The van der Waals surface area contributed by atoms with E-state index in [1.807, 2.05) is 0 Å². The molecule has 0 aliphatic rings. The van der Waals surface area contributed by atoms with Crippen molar-refractivity contribution in [1.82, 2.24) is 9.97 Å². The first-order valence-corrected chi connectivity index (χ1v) is 3.59. The van der Waals surface area contributed by atoms with Crippen LogP contribution in [0.15, 0.2) is 28.0 Å². The van der Waals surface area contributed by atoms with Crippen LogP contribution < -0.4 is 5.69 Å². The minimum atomic E-state index is -0.276. The van der Waals surface area contributed by atoms with Gasteiger partial charge in [0.2, 0.25) is 6.08 Å². The van der Waals surface area contributed by atoms with E-state index in [0.717, 1.165) is 0 Å². The van der Waals surface area contributed by atoms with E-state index in [0.29, 0.717) is 16.7 Å². The first-order valence-electron chi connectivity index (χ1n) is 3.59. The second-order valence-electron chi connectivity index (χ2n) is 2.51. The molecule has 0 saturated carbocycles. The van der Waals surface area contributed by atoms with Crippen molar-refractivity contribution in [3.63, 3.8) is 0 Å². The summed E-state index contributed by atoms with van der Waals surface area (Å²) in [4.78, 5) is 29.3. The molecule has 2 aromatic rings. The zero-order chi connectivity index (χ0) is 9.26. The van der Waals surface area contributed by atoms with Gasteiger partial charge in [0.15, 0.2) is 0 Å². The summed E-state index contributed by atoms with van der Waals surface area (Å²) in [7, 11) is 0. The number of fused-ring (bicyclic) bond motifs is 1. The van der Waals surface area contributed by atoms with E-state index in [-0.39, 0.29) is 5.69 Å². The lowest BCUT2D eigenvalue weighted by molar-refractivity contribution is 0.565. The van der Waals surface area contributed by atoms with Crippen molar-refractivity contribution in [2.24, 2.45) is 4.99 Å². The van der Waals surface area contributed by atoms with Crippen LogP contribution in [0, 0.1) is 0 Å². The number of aliphatic imine (C=N–C) groups is 1. The van der Waals surface area contributed by atoms with Gasteiger partial charge in [-0.3, -0.25) is 0 Å². The van der Waals surface area contributed by atoms with Crippen LogP contribution in [-0.4, -0.2) is 16.0 Å². The van der Waals surface area contributed by atoms with E-state index in [1.165, 1.54) is 6.08 Å². The number of hydrogen-bond acceptors (Lipinski definition) is 3. The van der Waals surface area contributed by atoms with E-state index in [9.17, 15) is 9.59 Å². The molecule has 2 rings (SSSR count). The van der Waals surface area contributed by atoms with E-state index in [4.69, 9.17) is 0 Å². The van der Waals surface area contributed by atoms with Crippen molar-refractivity contribution in [1.29, 1.82) is 0 Å². The number of H-pyrrole nitrogens is 2. The molecule has 5 nitrogen and oxygen atoms in total. The summed E-state index contributed by atoms with van der Waals surface area (Å²) in [6.45, 7) is 0. The number of isocyanates is 1. The van der Waals surface area contributed by atoms with Gasteiger partial charge < -0.3 is 9.97 Å². The van der Waals surface area contributed by atoms with Gasteiger partial charge in [-0.2, -0.15) is 4.99 Å². The highest BCUT2D eigenvalue weighted by atomic mass is 16.1. The van der Waals surface area contributed by atoms with Gasteiger partial charge in [-0.15, -0.1) is 0 Å². The van der Waals surface area contributed by atoms with Gasteiger partial charge in [0.25, 0.3) is 0 Å². The molecule has 0 spiro atoms. The lowest BCUT2D eigenvalue weighted by atomic mass is 10.3. The topological polar surface area (TPSA) is 78.1 Å². The van der Waals surface area contributed by atoms with Crippen molar-refractivity contribution in [2.75, 3.05) is 0 Å². The normalized spacial score (nSPS) is 9.85. The van der Waals surface area contributed by atoms with Crippen molar-refractivity contribution >= 4 is 22.8 Å². The van der Waals surface area contributed by atoms with Crippen LogP contribution in [0.25, 0.3) is 11.0 Å². The Bertz CT molecular complexity index is 546. The van der Waals surface area contributed by atoms with Crippen LogP contribution >= 0.6 is 0 Å². The fourth-order valence-corrected chi connectivity index (χ4v) is 1.14. The zero-order valence-electron chi connectivity index (χ0n) is 6.50. The quantitative estimate of drug-likeness (QED) is 0.497. The molecule has 0 bridgehead atoms. The third kappa shape index (κ3) is 1.28. The fourth-order valence-electron chi connectivity index (χ4n) is 1.14. The standard InChI is InChI=1S/C8H5N3O2/c12-4-9-5-1-2-6-7(3-5)11-8(13)10-6/h1-3H,(H2,10,11,13). The maximum Gasteiger partial charge on any atom is 0.323 e. The van der Waals surface area contributed by atoms with Gasteiger partial charge in [0, 0.05) is 0 Å². The van der Waals surface area contributed by atoms with E-state index < -0.39 is 0 Å². The molecule has 13 heavy (non-hydrogen) atoms. The lowest BCUT2D eigenvalue weighted by Crippen LogP contribution is -1.99. The molecule has 2 N–H and O–H groups in total. The summed E-state index contributed by atoms with van der Waals surface area (Å²) in [6, 6.07) is 4.89. The zero-order valence-corrected chi connectivity index (χ0v) is 6.50. The molecule has 0 aliphatic heterocycles. The predicted molar refractivity (Wildman–Crippen MR) is 46.7 cm³/mol. The Balaban J connectivity index is 2.74. The summed E-state index contributed by atoms with van der Waals surface area (Å²) >= 11 is 0. The third-order valence-corrected chi connectivity index (χ3v) is 1.67. The molecule has 1 aromatic heterocycles. The maximum atomic E-state index is 10.8. The van der Waals surface area contributed by atoms with Gasteiger partial charge >= 0.3 is 5.69 Å². The fraction of sp³-hybridized carbons (Fsp3) is 0. The van der Waals surface area contributed by atoms with E-state index >= 15 is 0 Å². The number of nitrogens with zero attached hydrogens (tertiary/aromatic N) is 1. The minimum absolute atomic E-state index is 0.276. The molecule has 1 aromatic carbocycles. The number of aromatic nitrogens is 2. The highest BCUT2D eigenvalue weighted by Gasteiger charge is 1.97. The molecule has 0 saturated heterocycles. The first kappa shape index (κ1) is 7.52. The Hall–Kier alpha value is -2.13. The van der Waals surface area contributed by atoms with Gasteiger partial charge in [0.05, 0.1) is 16.7 Å². The molecule has 0 atom stereocenters. The average molecular weight is 175 g/mol. The van der Waals surface area contributed by atoms with Gasteiger partial charge in [-0.1, -0.05) is 0 Å². The van der Waals surface area contributed by atoms with Crippen LogP contribution in [0.5, 0.6) is 0 Å². The molecule has 1 heterocycles. The number of nitrogens with one attached hydrogen (secondary N) is 2. The van der Waals surface area contributed by atoms with Gasteiger partial charge in [-0.25, -0.2) is 9.59 Å². The van der Waals surface area contributed by atoms with Crippen LogP contribution in [0.4, 0.5) is 5.69 Å². The Labute approximate surface area is 72.1 Å². The van der Waals surface area contributed by atoms with Crippen molar-refractivity contribution in [3.05, 3.63) is 28.7 Å². The summed E-state index contributed by atoms with van der Waals surface area (Å²) in [5, 5.41) is 0. The summed E-state index contributed by atoms with van der Waals surface area (Å²) < 4.78 is 0. The summed E-state index contributed by atoms with van der Waals surface area (Å²) in [5.74, 6) is 0. The number of rotatable bonds is 1. The highest BCUT2D eigenvalue weighted by molar-refractivity contribution is 5.78. The summed E-state index contributed by atoms with van der Waals surface area (Å²) in [5.41, 5.74) is 1.51. The molecule has 0 amide bonds.